The third-order valence-corrected chi connectivity index (χ3v) is 6.04. The third kappa shape index (κ3) is 3.24. The van der Waals surface area contributed by atoms with E-state index in [1.165, 1.54) is 0 Å². The Balaban J connectivity index is 1.45. The summed E-state index contributed by atoms with van der Waals surface area (Å²) in [5.74, 6) is 0.635. The molecule has 162 valence electrons. The van der Waals surface area contributed by atoms with Crippen molar-refractivity contribution in [3.05, 3.63) is 59.8 Å². The van der Waals surface area contributed by atoms with Crippen molar-refractivity contribution in [3.8, 4) is 28.4 Å². The first kappa shape index (κ1) is 20.0. The molecule has 1 atom stereocenters. The molecule has 8 nitrogen and oxygen atoms in total. The van der Waals surface area contributed by atoms with Crippen molar-refractivity contribution in [2.75, 3.05) is 7.11 Å². The second-order valence-electron chi connectivity index (χ2n) is 8.03. The van der Waals surface area contributed by atoms with Gasteiger partial charge in [0, 0.05) is 37.3 Å². The average Bonchev–Trinajstić information content (AvgIpc) is 3.33. The van der Waals surface area contributed by atoms with Crippen LogP contribution in [0.25, 0.3) is 22.6 Å². The van der Waals surface area contributed by atoms with Crippen molar-refractivity contribution in [1.82, 2.24) is 19.8 Å². The molecule has 8 heteroatoms. The highest BCUT2D eigenvalue weighted by atomic mass is 16.5. The van der Waals surface area contributed by atoms with Crippen LogP contribution in [-0.2, 0) is 23.2 Å². The fourth-order valence-corrected chi connectivity index (χ4v) is 4.42. The highest BCUT2D eigenvalue weighted by Gasteiger charge is 2.39. The molecule has 1 saturated heterocycles. The molecule has 0 spiro atoms. The summed E-state index contributed by atoms with van der Waals surface area (Å²) in [6.45, 7) is 0.334. The molecule has 2 aliphatic heterocycles. The van der Waals surface area contributed by atoms with Crippen LogP contribution >= 0.6 is 0 Å². The Morgan fingerprint density at radius 2 is 1.91 bits per heavy atom. The molecule has 0 bridgehead atoms. The van der Waals surface area contributed by atoms with Crippen LogP contribution in [0.1, 0.15) is 28.8 Å². The van der Waals surface area contributed by atoms with Crippen molar-refractivity contribution in [1.29, 1.82) is 0 Å². The Hall–Kier alpha value is -3.94. The number of aryl methyl sites for hydroxylation is 1. The maximum Gasteiger partial charge on any atom is 0.255 e. The number of imide groups is 1. The van der Waals surface area contributed by atoms with Crippen LogP contribution in [0.2, 0.25) is 0 Å². The van der Waals surface area contributed by atoms with Crippen LogP contribution in [0.5, 0.6) is 5.75 Å². The molecule has 0 radical (unpaired) electrons. The summed E-state index contributed by atoms with van der Waals surface area (Å²) in [7, 11) is 3.56. The van der Waals surface area contributed by atoms with Gasteiger partial charge in [-0.1, -0.05) is 18.2 Å². The monoisotopic (exact) mass is 430 g/mol. The van der Waals surface area contributed by atoms with E-state index in [1.807, 2.05) is 54.2 Å². The number of hydrogen-bond acceptors (Lipinski definition) is 5. The number of methoxy groups -OCH3 is 1. The van der Waals surface area contributed by atoms with E-state index in [0.29, 0.717) is 18.5 Å². The largest absolute Gasteiger partial charge is 0.496 e. The lowest BCUT2D eigenvalue weighted by atomic mass is 10.0. The van der Waals surface area contributed by atoms with E-state index >= 15 is 0 Å². The Labute approximate surface area is 184 Å². The number of benzene rings is 2. The lowest BCUT2D eigenvalue weighted by Crippen LogP contribution is -2.52. The van der Waals surface area contributed by atoms with E-state index in [9.17, 15) is 14.4 Å². The van der Waals surface area contributed by atoms with E-state index < -0.39 is 11.9 Å². The zero-order valence-electron chi connectivity index (χ0n) is 17.8. The van der Waals surface area contributed by atoms with E-state index in [1.54, 1.807) is 18.1 Å². The van der Waals surface area contributed by atoms with Crippen LogP contribution in [0.3, 0.4) is 0 Å². The van der Waals surface area contributed by atoms with Gasteiger partial charge in [0.25, 0.3) is 5.91 Å². The molecule has 1 N–H and O–H groups in total. The zero-order valence-corrected chi connectivity index (χ0v) is 17.8. The van der Waals surface area contributed by atoms with Gasteiger partial charge in [-0.25, -0.2) is 4.98 Å². The number of piperidine rings is 1. The first-order chi connectivity index (χ1) is 15.5. The van der Waals surface area contributed by atoms with Gasteiger partial charge in [0.15, 0.2) is 0 Å². The quantitative estimate of drug-likeness (QED) is 0.642. The third-order valence-electron chi connectivity index (χ3n) is 6.04. The van der Waals surface area contributed by atoms with Gasteiger partial charge in [-0.15, -0.1) is 0 Å². The molecule has 32 heavy (non-hydrogen) atoms. The van der Waals surface area contributed by atoms with Gasteiger partial charge in [-0.2, -0.15) is 0 Å². The number of fused-ring (bicyclic) bond motifs is 1. The van der Waals surface area contributed by atoms with Gasteiger partial charge in [0.2, 0.25) is 11.8 Å². The number of aromatic nitrogens is 2. The van der Waals surface area contributed by atoms with E-state index in [0.717, 1.165) is 34.0 Å². The average molecular weight is 430 g/mol. The molecule has 1 unspecified atom stereocenters. The number of nitrogens with zero attached hydrogens (tertiary/aromatic N) is 3. The molecule has 0 saturated carbocycles. The fourth-order valence-electron chi connectivity index (χ4n) is 4.42. The normalized spacial score (nSPS) is 18.0. The zero-order chi connectivity index (χ0) is 22.4. The molecule has 3 heterocycles. The van der Waals surface area contributed by atoms with Crippen LogP contribution in [-0.4, -0.2) is 45.3 Å². The predicted molar refractivity (Wildman–Crippen MR) is 117 cm³/mol. The van der Waals surface area contributed by atoms with Crippen LogP contribution in [0, 0.1) is 0 Å². The number of ether oxygens (including phenoxy) is 1. The van der Waals surface area contributed by atoms with Gasteiger partial charge < -0.3 is 14.2 Å². The number of hydrogen-bond donors (Lipinski definition) is 1. The summed E-state index contributed by atoms with van der Waals surface area (Å²) < 4.78 is 7.42. The number of amides is 3. The lowest BCUT2D eigenvalue weighted by molar-refractivity contribution is -0.136. The predicted octanol–water partition coefficient (Wildman–Crippen LogP) is 2.52. The summed E-state index contributed by atoms with van der Waals surface area (Å²) in [4.78, 5) is 43.0. The molecule has 0 aliphatic carbocycles. The SMILES string of the molecule is COc1ccccc1-c1nc(-c2ccc3c(c2)CN(C2CCC(=O)NC2=O)C3=O)cn1C. The van der Waals surface area contributed by atoms with Gasteiger partial charge in [-0.05, 0) is 36.2 Å². The van der Waals surface area contributed by atoms with Gasteiger partial charge in [0.05, 0.1) is 18.4 Å². The topological polar surface area (TPSA) is 93.5 Å². The lowest BCUT2D eigenvalue weighted by Gasteiger charge is -2.29. The minimum atomic E-state index is -0.622. The maximum absolute atomic E-state index is 12.9. The van der Waals surface area contributed by atoms with Crippen molar-refractivity contribution in [2.24, 2.45) is 7.05 Å². The second kappa shape index (κ2) is 7.64. The number of imidazole rings is 1. The summed E-state index contributed by atoms with van der Waals surface area (Å²) >= 11 is 0. The van der Waals surface area contributed by atoms with E-state index in [2.05, 4.69) is 5.32 Å². The Kier molecular flexibility index (Phi) is 4.77. The van der Waals surface area contributed by atoms with Crippen molar-refractivity contribution in [3.63, 3.8) is 0 Å². The van der Waals surface area contributed by atoms with E-state index in [4.69, 9.17) is 9.72 Å². The Morgan fingerprint density at radius 3 is 2.69 bits per heavy atom. The first-order valence-corrected chi connectivity index (χ1v) is 10.4. The minimum Gasteiger partial charge on any atom is -0.496 e. The van der Waals surface area contributed by atoms with Crippen molar-refractivity contribution < 1.29 is 19.1 Å². The first-order valence-electron chi connectivity index (χ1n) is 10.4. The number of carbonyl (C=O) groups is 3. The smallest absolute Gasteiger partial charge is 0.255 e. The second-order valence-corrected chi connectivity index (χ2v) is 8.03. The summed E-state index contributed by atoms with van der Waals surface area (Å²) in [6.07, 6.45) is 2.53. The molecule has 3 amide bonds. The molecule has 3 aromatic rings. The fraction of sp³-hybridized carbons (Fsp3) is 0.250. The Morgan fingerprint density at radius 1 is 1.09 bits per heavy atom. The Bertz CT molecular complexity index is 1260. The summed E-state index contributed by atoms with van der Waals surface area (Å²) in [5, 5.41) is 2.33. The highest BCUT2D eigenvalue weighted by molar-refractivity contribution is 6.05. The minimum absolute atomic E-state index is 0.184. The highest BCUT2D eigenvalue weighted by Crippen LogP contribution is 2.33. The molecule has 2 aliphatic rings. The summed E-state index contributed by atoms with van der Waals surface area (Å²) in [5.41, 5.74) is 3.99. The molecule has 2 aromatic carbocycles. The van der Waals surface area contributed by atoms with Crippen LogP contribution < -0.4 is 10.1 Å². The molecular weight excluding hydrogens is 408 g/mol. The van der Waals surface area contributed by atoms with E-state index in [-0.39, 0.29) is 18.2 Å². The summed E-state index contributed by atoms with van der Waals surface area (Å²) in [6, 6.07) is 12.7. The van der Waals surface area contributed by atoms with Gasteiger partial charge >= 0.3 is 0 Å². The molecule has 5 rings (SSSR count). The van der Waals surface area contributed by atoms with Gasteiger partial charge in [-0.3, -0.25) is 19.7 Å². The van der Waals surface area contributed by atoms with Crippen LogP contribution in [0.4, 0.5) is 0 Å². The maximum atomic E-state index is 12.9. The molecule has 1 aromatic heterocycles. The standard InChI is InChI=1S/C24H22N4O4/c1-27-13-18(25-22(27)17-5-3-4-6-20(17)32-2)14-7-8-16-15(11-14)12-28(24(16)31)19-9-10-21(29)26-23(19)30/h3-8,11,13,19H,9-10,12H2,1-2H3,(H,26,29,30). The molecule has 1 fully saturated rings. The van der Waals surface area contributed by atoms with Crippen LogP contribution in [0.15, 0.2) is 48.7 Å². The number of para-hydroxylation sites is 1. The van der Waals surface area contributed by atoms with Crippen molar-refractivity contribution in [2.45, 2.75) is 25.4 Å². The number of carbonyl (C=O) groups excluding carboxylic acids is 3. The van der Waals surface area contributed by atoms with Gasteiger partial charge in [0.1, 0.15) is 17.6 Å². The van der Waals surface area contributed by atoms with Crippen molar-refractivity contribution >= 4 is 17.7 Å². The molecular formula is C24H22N4O4. The number of nitrogens with one attached hydrogen (secondary N) is 1. The number of rotatable bonds is 4.